The van der Waals surface area contributed by atoms with Crippen molar-refractivity contribution >= 4 is 5.95 Å². The summed E-state index contributed by atoms with van der Waals surface area (Å²) < 4.78 is 2.13. The van der Waals surface area contributed by atoms with Gasteiger partial charge in [-0.25, -0.2) is 0 Å². The highest BCUT2D eigenvalue weighted by atomic mass is 15.4. The second-order valence-corrected chi connectivity index (χ2v) is 3.91. The van der Waals surface area contributed by atoms with Gasteiger partial charge in [0.05, 0.1) is 0 Å². The lowest BCUT2D eigenvalue weighted by Gasteiger charge is -2.22. The van der Waals surface area contributed by atoms with Crippen LogP contribution in [-0.4, -0.2) is 27.4 Å². The predicted octanol–water partition coefficient (Wildman–Crippen LogP) is -0.0917. The van der Waals surface area contributed by atoms with Crippen LogP contribution in [0, 0.1) is 0 Å². The van der Waals surface area contributed by atoms with Crippen LogP contribution in [0.25, 0.3) is 0 Å². The van der Waals surface area contributed by atoms with Crippen LogP contribution in [-0.2, 0) is 6.54 Å². The number of hydrogen-bond acceptors (Lipinski definition) is 4. The molecule has 1 fully saturated rings. The molecule has 2 aliphatic rings. The molecular formula is C8H13N5. The zero-order valence-corrected chi connectivity index (χ0v) is 7.40. The van der Waals surface area contributed by atoms with Crippen LogP contribution in [0.2, 0.25) is 0 Å². The lowest BCUT2D eigenvalue weighted by Crippen LogP contribution is -2.38. The summed E-state index contributed by atoms with van der Waals surface area (Å²) in [7, 11) is 0. The van der Waals surface area contributed by atoms with E-state index in [0.29, 0.717) is 5.92 Å². The number of aromatic nitrogens is 3. The maximum Gasteiger partial charge on any atom is 0.224 e. The van der Waals surface area contributed by atoms with Crippen LogP contribution in [0.15, 0.2) is 0 Å². The van der Waals surface area contributed by atoms with Crippen LogP contribution in [0.3, 0.4) is 0 Å². The Hall–Kier alpha value is -1.10. The van der Waals surface area contributed by atoms with E-state index in [1.807, 2.05) is 0 Å². The molecule has 0 aromatic carbocycles. The maximum absolute atomic E-state index is 5.86. The topological polar surface area (TPSA) is 68.8 Å². The van der Waals surface area contributed by atoms with E-state index in [0.717, 1.165) is 24.9 Å². The Morgan fingerprint density at radius 3 is 3.00 bits per heavy atom. The summed E-state index contributed by atoms with van der Waals surface area (Å²) in [6.45, 7) is 1.67. The molecule has 1 aromatic heterocycles. The predicted molar refractivity (Wildman–Crippen MR) is 48.5 cm³/mol. The van der Waals surface area contributed by atoms with Gasteiger partial charge in [0.25, 0.3) is 0 Å². The van der Waals surface area contributed by atoms with Gasteiger partial charge in [-0.2, -0.15) is 0 Å². The van der Waals surface area contributed by atoms with Crippen molar-refractivity contribution in [2.45, 2.75) is 31.3 Å². The standard InChI is InChI=1S/C8H13N5/c9-6-3-10-8-12-11-7(5-1-2-5)13(8)4-6/h5-6H,1-4,9H2,(H,10,12). The molecule has 1 saturated carbocycles. The summed E-state index contributed by atoms with van der Waals surface area (Å²) in [5.74, 6) is 2.66. The highest BCUT2D eigenvalue weighted by molar-refractivity contribution is 5.30. The summed E-state index contributed by atoms with van der Waals surface area (Å²) in [4.78, 5) is 0. The average Bonchev–Trinajstić information content (AvgIpc) is 2.87. The molecule has 13 heavy (non-hydrogen) atoms. The van der Waals surface area contributed by atoms with Crippen molar-refractivity contribution in [3.8, 4) is 0 Å². The van der Waals surface area contributed by atoms with Crippen molar-refractivity contribution in [1.29, 1.82) is 0 Å². The number of rotatable bonds is 1. The van der Waals surface area contributed by atoms with Crippen molar-refractivity contribution in [3.63, 3.8) is 0 Å². The summed E-state index contributed by atoms with van der Waals surface area (Å²) in [5.41, 5.74) is 5.86. The normalized spacial score (nSPS) is 26.7. The smallest absolute Gasteiger partial charge is 0.224 e. The molecule has 0 saturated heterocycles. The van der Waals surface area contributed by atoms with Crippen molar-refractivity contribution < 1.29 is 0 Å². The van der Waals surface area contributed by atoms with Gasteiger partial charge in [0.2, 0.25) is 5.95 Å². The molecule has 2 heterocycles. The molecule has 70 valence electrons. The first-order valence-corrected chi connectivity index (χ1v) is 4.77. The Kier molecular flexibility index (Phi) is 1.38. The first kappa shape index (κ1) is 7.32. The minimum atomic E-state index is 0.195. The molecule has 3 rings (SSSR count). The molecule has 5 nitrogen and oxygen atoms in total. The zero-order chi connectivity index (χ0) is 8.84. The number of nitrogens with zero attached hydrogens (tertiary/aromatic N) is 3. The Morgan fingerprint density at radius 2 is 2.23 bits per heavy atom. The summed E-state index contributed by atoms with van der Waals surface area (Å²) >= 11 is 0. The fraction of sp³-hybridized carbons (Fsp3) is 0.750. The van der Waals surface area contributed by atoms with E-state index in [9.17, 15) is 0 Å². The first-order valence-electron chi connectivity index (χ1n) is 4.77. The van der Waals surface area contributed by atoms with Crippen molar-refractivity contribution in [2.24, 2.45) is 5.73 Å². The fourth-order valence-corrected chi connectivity index (χ4v) is 1.79. The van der Waals surface area contributed by atoms with Gasteiger partial charge in [-0.15, -0.1) is 10.2 Å². The number of anilines is 1. The quantitative estimate of drug-likeness (QED) is 0.632. The third-order valence-corrected chi connectivity index (χ3v) is 2.66. The van der Waals surface area contributed by atoms with Crippen LogP contribution >= 0.6 is 0 Å². The van der Waals surface area contributed by atoms with Crippen LogP contribution < -0.4 is 11.1 Å². The van der Waals surface area contributed by atoms with Gasteiger partial charge in [0.15, 0.2) is 0 Å². The lowest BCUT2D eigenvalue weighted by molar-refractivity contribution is 0.526. The molecular weight excluding hydrogens is 166 g/mol. The Morgan fingerprint density at radius 1 is 1.38 bits per heavy atom. The van der Waals surface area contributed by atoms with E-state index in [-0.39, 0.29) is 6.04 Å². The lowest BCUT2D eigenvalue weighted by atomic mass is 10.2. The molecule has 1 aromatic rings. The van der Waals surface area contributed by atoms with Crippen LogP contribution in [0.4, 0.5) is 5.95 Å². The van der Waals surface area contributed by atoms with E-state index >= 15 is 0 Å². The fourth-order valence-electron chi connectivity index (χ4n) is 1.79. The van der Waals surface area contributed by atoms with E-state index in [2.05, 4.69) is 20.1 Å². The molecule has 0 spiro atoms. The molecule has 0 bridgehead atoms. The monoisotopic (exact) mass is 179 g/mol. The van der Waals surface area contributed by atoms with Crippen LogP contribution in [0.5, 0.6) is 0 Å². The number of nitrogens with one attached hydrogen (secondary N) is 1. The number of hydrogen-bond donors (Lipinski definition) is 2. The molecule has 1 aliphatic carbocycles. The molecule has 1 atom stereocenters. The largest absolute Gasteiger partial charge is 0.353 e. The third-order valence-electron chi connectivity index (χ3n) is 2.66. The summed E-state index contributed by atoms with van der Waals surface area (Å²) in [6, 6.07) is 0.195. The molecule has 0 radical (unpaired) electrons. The number of fused-ring (bicyclic) bond motifs is 1. The first-order chi connectivity index (χ1) is 6.34. The zero-order valence-electron chi connectivity index (χ0n) is 7.40. The Labute approximate surface area is 76.3 Å². The third kappa shape index (κ3) is 1.11. The Bertz CT molecular complexity index is 327. The van der Waals surface area contributed by atoms with Gasteiger partial charge in [0, 0.05) is 25.0 Å². The van der Waals surface area contributed by atoms with E-state index < -0.39 is 0 Å². The van der Waals surface area contributed by atoms with Gasteiger partial charge in [-0.3, -0.25) is 4.57 Å². The Balaban J connectivity index is 1.99. The minimum Gasteiger partial charge on any atom is -0.353 e. The molecule has 1 aliphatic heterocycles. The van der Waals surface area contributed by atoms with Gasteiger partial charge in [0.1, 0.15) is 5.82 Å². The molecule has 1 unspecified atom stereocenters. The minimum absolute atomic E-state index is 0.195. The second-order valence-electron chi connectivity index (χ2n) is 3.91. The second kappa shape index (κ2) is 2.45. The number of nitrogens with two attached hydrogens (primary N) is 1. The van der Waals surface area contributed by atoms with Crippen molar-refractivity contribution in [2.75, 3.05) is 11.9 Å². The van der Waals surface area contributed by atoms with Gasteiger partial charge < -0.3 is 11.1 Å². The SMILES string of the molecule is NC1CNc2nnc(C3CC3)n2C1. The highest BCUT2D eigenvalue weighted by Crippen LogP contribution is 2.39. The van der Waals surface area contributed by atoms with Gasteiger partial charge >= 0.3 is 0 Å². The van der Waals surface area contributed by atoms with Crippen LogP contribution in [0.1, 0.15) is 24.6 Å². The molecule has 5 heteroatoms. The molecule has 0 amide bonds. The van der Waals surface area contributed by atoms with E-state index in [4.69, 9.17) is 5.73 Å². The summed E-state index contributed by atoms with van der Waals surface area (Å²) in [5, 5.41) is 11.5. The van der Waals surface area contributed by atoms with Crippen molar-refractivity contribution in [3.05, 3.63) is 5.82 Å². The van der Waals surface area contributed by atoms with Crippen molar-refractivity contribution in [1.82, 2.24) is 14.8 Å². The highest BCUT2D eigenvalue weighted by Gasteiger charge is 2.31. The summed E-state index contributed by atoms with van der Waals surface area (Å²) in [6.07, 6.45) is 2.51. The van der Waals surface area contributed by atoms with E-state index in [1.54, 1.807) is 0 Å². The van der Waals surface area contributed by atoms with E-state index in [1.165, 1.54) is 12.8 Å². The molecule has 3 N–H and O–H groups in total. The van der Waals surface area contributed by atoms with Gasteiger partial charge in [-0.1, -0.05) is 0 Å². The van der Waals surface area contributed by atoms with Gasteiger partial charge in [-0.05, 0) is 12.8 Å². The average molecular weight is 179 g/mol. The maximum atomic E-state index is 5.86.